The first-order valence-electron chi connectivity index (χ1n) is 10.6. The van der Waals surface area contributed by atoms with Gasteiger partial charge in [0.25, 0.3) is 5.19 Å². The van der Waals surface area contributed by atoms with Gasteiger partial charge in [-0.15, -0.1) is 0 Å². The highest BCUT2D eigenvalue weighted by atomic mass is 32.1. The lowest BCUT2D eigenvalue weighted by atomic mass is 9.98. The fourth-order valence-corrected chi connectivity index (χ4v) is 5.05. The molecular weight excluding hydrogens is 388 g/mol. The smallest absolute Gasteiger partial charge is 0.273 e. The molecule has 2 aliphatic heterocycles. The SMILES string of the molecule is Cc1noc(C)c1CCC(=O)N1CCC(N2CCC(Oc3nccs3)CC2)CC1. The average Bonchev–Trinajstić information content (AvgIpc) is 3.37. The summed E-state index contributed by atoms with van der Waals surface area (Å²) in [6.45, 7) is 7.71. The van der Waals surface area contributed by atoms with E-state index in [4.69, 9.17) is 9.26 Å². The van der Waals surface area contributed by atoms with Gasteiger partial charge in [-0.05, 0) is 46.0 Å². The second-order valence-electron chi connectivity index (χ2n) is 8.07. The molecule has 0 N–H and O–H groups in total. The van der Waals surface area contributed by atoms with Crippen LogP contribution in [-0.2, 0) is 11.2 Å². The molecule has 4 rings (SSSR count). The zero-order valence-corrected chi connectivity index (χ0v) is 18.1. The molecule has 0 aromatic carbocycles. The van der Waals surface area contributed by atoms with E-state index in [0.717, 1.165) is 74.1 Å². The van der Waals surface area contributed by atoms with Crippen LogP contribution in [0.3, 0.4) is 0 Å². The standard InChI is InChI=1S/C21H30N4O3S/c1-15-19(16(2)28-23-15)3-4-20(26)25-10-5-17(6-11-25)24-12-7-18(8-13-24)27-21-22-9-14-29-21/h9,14,17-18H,3-8,10-13H2,1-2H3. The molecular formula is C21H30N4O3S. The van der Waals surface area contributed by atoms with E-state index in [2.05, 4.69) is 15.0 Å². The molecule has 7 nitrogen and oxygen atoms in total. The normalized spacial score (nSPS) is 19.6. The zero-order chi connectivity index (χ0) is 20.2. The lowest BCUT2D eigenvalue weighted by molar-refractivity contribution is -0.132. The van der Waals surface area contributed by atoms with Crippen molar-refractivity contribution in [2.24, 2.45) is 0 Å². The summed E-state index contributed by atoms with van der Waals surface area (Å²) in [5.74, 6) is 1.08. The molecule has 0 spiro atoms. The second-order valence-corrected chi connectivity index (χ2v) is 8.92. The van der Waals surface area contributed by atoms with Crippen molar-refractivity contribution in [2.75, 3.05) is 26.2 Å². The number of amides is 1. The second kappa shape index (κ2) is 9.26. The van der Waals surface area contributed by atoms with Crippen LogP contribution in [0, 0.1) is 13.8 Å². The topological polar surface area (TPSA) is 71.7 Å². The van der Waals surface area contributed by atoms with Crippen LogP contribution in [0.25, 0.3) is 0 Å². The predicted molar refractivity (Wildman–Crippen MR) is 111 cm³/mol. The van der Waals surface area contributed by atoms with Gasteiger partial charge in [0.2, 0.25) is 5.91 Å². The van der Waals surface area contributed by atoms with Crippen LogP contribution in [-0.4, -0.2) is 64.2 Å². The minimum atomic E-state index is 0.249. The Balaban J connectivity index is 1.18. The number of carbonyl (C=O) groups excluding carboxylic acids is 1. The molecule has 1 amide bonds. The van der Waals surface area contributed by atoms with E-state index in [1.165, 1.54) is 0 Å². The van der Waals surface area contributed by atoms with E-state index in [9.17, 15) is 4.79 Å². The number of aryl methyl sites for hydroxylation is 2. The van der Waals surface area contributed by atoms with Gasteiger partial charge in [0.15, 0.2) is 0 Å². The monoisotopic (exact) mass is 418 g/mol. The molecule has 0 bridgehead atoms. The largest absolute Gasteiger partial charge is 0.467 e. The van der Waals surface area contributed by atoms with E-state index in [1.807, 2.05) is 24.1 Å². The zero-order valence-electron chi connectivity index (χ0n) is 17.3. The van der Waals surface area contributed by atoms with Crippen molar-refractivity contribution in [1.29, 1.82) is 0 Å². The van der Waals surface area contributed by atoms with E-state index in [0.29, 0.717) is 18.9 Å². The molecule has 0 radical (unpaired) electrons. The molecule has 0 atom stereocenters. The number of likely N-dealkylation sites (tertiary alicyclic amines) is 2. The molecule has 2 fully saturated rings. The van der Waals surface area contributed by atoms with Gasteiger partial charge in [-0.1, -0.05) is 16.5 Å². The third kappa shape index (κ3) is 4.98. The first-order chi connectivity index (χ1) is 14.1. The summed E-state index contributed by atoms with van der Waals surface area (Å²) in [6.07, 6.45) is 7.55. The number of thiazole rings is 1. The third-order valence-electron chi connectivity index (χ3n) is 6.26. The van der Waals surface area contributed by atoms with Crippen molar-refractivity contribution >= 4 is 17.2 Å². The van der Waals surface area contributed by atoms with Crippen molar-refractivity contribution in [3.8, 4) is 5.19 Å². The lowest BCUT2D eigenvalue weighted by Gasteiger charge is -2.41. The molecule has 4 heterocycles. The van der Waals surface area contributed by atoms with Gasteiger partial charge >= 0.3 is 0 Å². The molecule has 8 heteroatoms. The van der Waals surface area contributed by atoms with Crippen LogP contribution in [0.5, 0.6) is 5.19 Å². The Morgan fingerprint density at radius 3 is 2.59 bits per heavy atom. The van der Waals surface area contributed by atoms with Crippen LogP contribution in [0.4, 0.5) is 0 Å². The summed E-state index contributed by atoms with van der Waals surface area (Å²) in [5.41, 5.74) is 1.98. The summed E-state index contributed by atoms with van der Waals surface area (Å²) in [5, 5.41) is 6.71. The van der Waals surface area contributed by atoms with E-state index in [1.54, 1.807) is 17.5 Å². The summed E-state index contributed by atoms with van der Waals surface area (Å²) < 4.78 is 11.2. The predicted octanol–water partition coefficient (Wildman–Crippen LogP) is 3.21. The minimum Gasteiger partial charge on any atom is -0.467 e. The lowest BCUT2D eigenvalue weighted by Crippen LogP contribution is -2.50. The van der Waals surface area contributed by atoms with Gasteiger partial charge < -0.3 is 14.2 Å². The van der Waals surface area contributed by atoms with Crippen molar-refractivity contribution in [2.45, 2.75) is 64.5 Å². The maximum atomic E-state index is 12.6. The summed E-state index contributed by atoms with van der Waals surface area (Å²) in [4.78, 5) is 21.5. The van der Waals surface area contributed by atoms with Crippen LogP contribution in [0.2, 0.25) is 0 Å². The molecule has 158 valence electrons. The fraction of sp³-hybridized carbons (Fsp3) is 0.667. The van der Waals surface area contributed by atoms with Crippen molar-refractivity contribution < 1.29 is 14.1 Å². The van der Waals surface area contributed by atoms with Gasteiger partial charge in [-0.25, -0.2) is 4.98 Å². The molecule has 0 unspecified atom stereocenters. The number of hydrogen-bond acceptors (Lipinski definition) is 7. The van der Waals surface area contributed by atoms with Crippen LogP contribution in [0.1, 0.15) is 49.1 Å². The van der Waals surface area contributed by atoms with Gasteiger partial charge in [0.05, 0.1) is 5.69 Å². The molecule has 2 saturated heterocycles. The number of hydrogen-bond donors (Lipinski definition) is 0. The molecule has 0 saturated carbocycles. The van der Waals surface area contributed by atoms with Crippen LogP contribution < -0.4 is 4.74 Å². The van der Waals surface area contributed by atoms with Gasteiger partial charge in [-0.3, -0.25) is 9.69 Å². The summed E-state index contributed by atoms with van der Waals surface area (Å²) in [7, 11) is 0. The molecule has 2 aromatic rings. The van der Waals surface area contributed by atoms with E-state index < -0.39 is 0 Å². The Kier molecular flexibility index (Phi) is 6.50. The number of carbonyl (C=O) groups is 1. The van der Waals surface area contributed by atoms with E-state index >= 15 is 0 Å². The Morgan fingerprint density at radius 1 is 1.21 bits per heavy atom. The highest BCUT2D eigenvalue weighted by Gasteiger charge is 2.30. The summed E-state index contributed by atoms with van der Waals surface area (Å²) in [6, 6.07) is 0.586. The number of rotatable bonds is 6. The minimum absolute atomic E-state index is 0.249. The Morgan fingerprint density at radius 2 is 1.97 bits per heavy atom. The number of nitrogens with zero attached hydrogens (tertiary/aromatic N) is 4. The molecule has 2 aliphatic rings. The quantitative estimate of drug-likeness (QED) is 0.717. The summed E-state index contributed by atoms with van der Waals surface area (Å²) >= 11 is 1.56. The number of piperidine rings is 2. The van der Waals surface area contributed by atoms with Gasteiger partial charge in [0.1, 0.15) is 11.9 Å². The van der Waals surface area contributed by atoms with Crippen LogP contribution in [0.15, 0.2) is 16.1 Å². The number of ether oxygens (including phenoxy) is 1. The average molecular weight is 419 g/mol. The molecule has 2 aromatic heterocycles. The molecule has 0 aliphatic carbocycles. The van der Waals surface area contributed by atoms with Gasteiger partial charge in [0, 0.05) is 55.8 Å². The Labute approximate surface area is 176 Å². The van der Waals surface area contributed by atoms with Crippen molar-refractivity contribution in [3.63, 3.8) is 0 Å². The van der Waals surface area contributed by atoms with Crippen molar-refractivity contribution in [1.82, 2.24) is 19.9 Å². The Hall–Kier alpha value is -1.93. The highest BCUT2D eigenvalue weighted by Crippen LogP contribution is 2.25. The highest BCUT2D eigenvalue weighted by molar-refractivity contribution is 7.11. The maximum Gasteiger partial charge on any atom is 0.273 e. The maximum absolute atomic E-state index is 12.6. The third-order valence-corrected chi connectivity index (χ3v) is 6.92. The van der Waals surface area contributed by atoms with Crippen LogP contribution >= 0.6 is 11.3 Å². The first-order valence-corrected chi connectivity index (χ1v) is 11.5. The Bertz CT molecular complexity index is 771. The molecule has 29 heavy (non-hydrogen) atoms. The first kappa shape index (κ1) is 20.3. The number of aromatic nitrogens is 2. The van der Waals surface area contributed by atoms with Crippen molar-refractivity contribution in [3.05, 3.63) is 28.6 Å². The van der Waals surface area contributed by atoms with Gasteiger partial charge in [-0.2, -0.15) is 0 Å². The van der Waals surface area contributed by atoms with E-state index in [-0.39, 0.29) is 12.0 Å². The fourth-order valence-electron chi connectivity index (χ4n) is 4.50.